The molecule has 0 spiro atoms. The van der Waals surface area contributed by atoms with E-state index in [0.717, 1.165) is 0 Å². The van der Waals surface area contributed by atoms with Gasteiger partial charge in [-0.2, -0.15) is 5.26 Å². The number of anilines is 1. The molecule has 0 saturated carbocycles. The quantitative estimate of drug-likeness (QED) is 0.493. The summed E-state index contributed by atoms with van der Waals surface area (Å²) in [5.41, 5.74) is 6.47. The zero-order valence-electron chi connectivity index (χ0n) is 15.5. The van der Waals surface area contributed by atoms with Gasteiger partial charge >= 0.3 is 0 Å². The van der Waals surface area contributed by atoms with Crippen LogP contribution in [-0.4, -0.2) is 24.8 Å². The van der Waals surface area contributed by atoms with E-state index in [1.807, 2.05) is 0 Å². The van der Waals surface area contributed by atoms with Crippen LogP contribution in [0.1, 0.15) is 12.8 Å². The number of nitrogens with two attached hydrogens (primary N) is 1. The minimum Gasteiger partial charge on any atom is -0.489 e. The van der Waals surface area contributed by atoms with Crippen molar-refractivity contribution < 1.29 is 23.3 Å². The molecule has 8 heteroatoms. The highest BCUT2D eigenvalue weighted by Gasteiger charge is 2.25. The van der Waals surface area contributed by atoms with Crippen LogP contribution in [0.5, 0.6) is 28.7 Å². The van der Waals surface area contributed by atoms with Crippen LogP contribution < -0.4 is 24.7 Å². The highest BCUT2D eigenvalue weighted by molar-refractivity contribution is 5.95. The Hall–Kier alpha value is -3.73. The van der Waals surface area contributed by atoms with E-state index in [-0.39, 0.29) is 5.75 Å². The molecule has 3 aromatic rings. The summed E-state index contributed by atoms with van der Waals surface area (Å²) in [7, 11) is 0. The standard InChI is InChI=1S/C21H18FN3O4/c22-14-11-13(24)3-4-16(14)29-17-5-7-25-15-12-18(26-8-2-1-6-23)20-21(19(15)17)28-10-9-27-20/h3-5,7,11-12H,1-2,8-10,24H2. The Labute approximate surface area is 166 Å². The fraction of sp³-hybridized carbons (Fsp3) is 0.238. The highest BCUT2D eigenvalue weighted by Crippen LogP contribution is 2.48. The summed E-state index contributed by atoms with van der Waals surface area (Å²) >= 11 is 0. The molecule has 0 amide bonds. The molecule has 0 unspecified atom stereocenters. The fourth-order valence-electron chi connectivity index (χ4n) is 3.02. The maximum atomic E-state index is 14.2. The second-order valence-corrected chi connectivity index (χ2v) is 6.34. The summed E-state index contributed by atoms with van der Waals surface area (Å²) in [5, 5.41) is 9.23. The Kier molecular flexibility index (Phi) is 5.20. The average Bonchev–Trinajstić information content (AvgIpc) is 2.73. The third-order valence-corrected chi connectivity index (χ3v) is 4.31. The van der Waals surface area contributed by atoms with E-state index >= 15 is 0 Å². The molecule has 7 nitrogen and oxygen atoms in total. The van der Waals surface area contributed by atoms with Crippen LogP contribution in [0.25, 0.3) is 10.9 Å². The van der Waals surface area contributed by atoms with Crippen molar-refractivity contribution in [1.82, 2.24) is 4.98 Å². The molecule has 2 N–H and O–H groups in total. The van der Waals surface area contributed by atoms with Gasteiger partial charge in [0.05, 0.1) is 23.6 Å². The van der Waals surface area contributed by atoms with E-state index < -0.39 is 5.82 Å². The van der Waals surface area contributed by atoms with Gasteiger partial charge in [-0.3, -0.25) is 4.98 Å². The molecule has 1 aromatic heterocycles. The molecule has 2 aromatic carbocycles. The molecule has 1 aliphatic heterocycles. The molecule has 0 radical (unpaired) electrons. The molecule has 4 rings (SSSR count). The lowest BCUT2D eigenvalue weighted by atomic mass is 10.1. The number of nitriles is 1. The Bertz CT molecular complexity index is 1100. The van der Waals surface area contributed by atoms with Gasteiger partial charge in [-0.25, -0.2) is 4.39 Å². The lowest BCUT2D eigenvalue weighted by Crippen LogP contribution is -2.17. The third-order valence-electron chi connectivity index (χ3n) is 4.31. The van der Waals surface area contributed by atoms with E-state index in [4.69, 9.17) is 29.9 Å². The number of halogens is 1. The van der Waals surface area contributed by atoms with Gasteiger partial charge in [0, 0.05) is 30.4 Å². The number of fused-ring (bicyclic) bond motifs is 3. The SMILES string of the molecule is N#CCCCOc1cc2nccc(Oc3ccc(N)cc3F)c2c2c1OCCO2. The van der Waals surface area contributed by atoms with E-state index in [1.165, 1.54) is 12.1 Å². The van der Waals surface area contributed by atoms with Gasteiger partial charge in [0.25, 0.3) is 0 Å². The smallest absolute Gasteiger partial charge is 0.204 e. The van der Waals surface area contributed by atoms with Gasteiger partial charge in [-0.15, -0.1) is 0 Å². The number of benzene rings is 2. The second kappa shape index (κ2) is 8.10. The second-order valence-electron chi connectivity index (χ2n) is 6.34. The predicted molar refractivity (Wildman–Crippen MR) is 104 cm³/mol. The van der Waals surface area contributed by atoms with Crippen LogP contribution in [0.3, 0.4) is 0 Å². The molecule has 2 heterocycles. The van der Waals surface area contributed by atoms with Crippen LogP contribution in [-0.2, 0) is 0 Å². The summed E-state index contributed by atoms with van der Waals surface area (Å²) in [6, 6.07) is 9.65. The Morgan fingerprint density at radius 3 is 2.72 bits per heavy atom. The first-order valence-corrected chi connectivity index (χ1v) is 9.11. The van der Waals surface area contributed by atoms with Crippen LogP contribution in [0.15, 0.2) is 36.5 Å². The summed E-state index contributed by atoms with van der Waals surface area (Å²) in [5.74, 6) is 1.19. The zero-order valence-corrected chi connectivity index (χ0v) is 15.5. The van der Waals surface area contributed by atoms with Gasteiger partial charge in [-0.05, 0) is 24.6 Å². The normalized spacial score (nSPS) is 12.4. The summed E-state index contributed by atoms with van der Waals surface area (Å²) in [4.78, 5) is 4.37. The number of nitrogen functional groups attached to an aromatic ring is 1. The third kappa shape index (κ3) is 3.80. The molecule has 0 aliphatic carbocycles. The lowest BCUT2D eigenvalue weighted by Gasteiger charge is -2.23. The number of pyridine rings is 1. The first kappa shape index (κ1) is 18.6. The van der Waals surface area contributed by atoms with Gasteiger partial charge in [-0.1, -0.05) is 0 Å². The molecule has 0 saturated heterocycles. The van der Waals surface area contributed by atoms with E-state index in [0.29, 0.717) is 72.3 Å². The van der Waals surface area contributed by atoms with Crippen LogP contribution in [0, 0.1) is 17.1 Å². The number of nitrogens with zero attached hydrogens (tertiary/aromatic N) is 2. The molecule has 29 heavy (non-hydrogen) atoms. The molecular formula is C21H18FN3O4. The molecule has 148 valence electrons. The van der Waals surface area contributed by atoms with Crippen molar-refractivity contribution >= 4 is 16.6 Å². The zero-order chi connectivity index (χ0) is 20.2. The number of rotatable bonds is 6. The molecule has 0 fully saturated rings. The van der Waals surface area contributed by atoms with Gasteiger partial charge in [0.15, 0.2) is 23.1 Å². The van der Waals surface area contributed by atoms with Crippen LogP contribution in [0.4, 0.5) is 10.1 Å². The Morgan fingerprint density at radius 2 is 1.93 bits per heavy atom. The summed E-state index contributed by atoms with van der Waals surface area (Å²) in [6.07, 6.45) is 2.55. The molecular weight excluding hydrogens is 377 g/mol. The number of ether oxygens (including phenoxy) is 4. The summed E-state index contributed by atoms with van der Waals surface area (Å²) < 4.78 is 37.4. The van der Waals surface area contributed by atoms with Crippen LogP contribution >= 0.6 is 0 Å². The lowest BCUT2D eigenvalue weighted by molar-refractivity contribution is 0.164. The molecule has 1 aliphatic rings. The van der Waals surface area contributed by atoms with Crippen molar-refractivity contribution in [2.45, 2.75) is 12.8 Å². The Morgan fingerprint density at radius 1 is 1.10 bits per heavy atom. The van der Waals surface area contributed by atoms with E-state index in [9.17, 15) is 4.39 Å². The van der Waals surface area contributed by atoms with E-state index in [2.05, 4.69) is 11.1 Å². The Balaban J connectivity index is 1.76. The van der Waals surface area contributed by atoms with Crippen molar-refractivity contribution in [3.05, 3.63) is 42.3 Å². The van der Waals surface area contributed by atoms with Crippen LogP contribution in [0.2, 0.25) is 0 Å². The van der Waals surface area contributed by atoms with Gasteiger partial charge < -0.3 is 24.7 Å². The molecule has 0 bridgehead atoms. The minimum absolute atomic E-state index is 0.0361. The van der Waals surface area contributed by atoms with Crippen molar-refractivity contribution in [2.75, 3.05) is 25.6 Å². The number of aromatic nitrogens is 1. The maximum Gasteiger partial charge on any atom is 0.204 e. The van der Waals surface area contributed by atoms with Gasteiger partial charge in [0.1, 0.15) is 19.0 Å². The number of hydrogen-bond acceptors (Lipinski definition) is 7. The largest absolute Gasteiger partial charge is 0.489 e. The maximum absolute atomic E-state index is 14.2. The summed E-state index contributed by atoms with van der Waals surface area (Å²) in [6.45, 7) is 1.09. The van der Waals surface area contributed by atoms with Crippen molar-refractivity contribution in [1.29, 1.82) is 5.26 Å². The fourth-order valence-corrected chi connectivity index (χ4v) is 3.02. The topological polar surface area (TPSA) is 99.6 Å². The average molecular weight is 395 g/mol. The predicted octanol–water partition coefficient (Wildman–Crippen LogP) is 4.20. The molecule has 0 atom stereocenters. The monoisotopic (exact) mass is 395 g/mol. The number of hydrogen-bond donors (Lipinski definition) is 1. The van der Waals surface area contributed by atoms with Crippen molar-refractivity contribution in [2.24, 2.45) is 0 Å². The van der Waals surface area contributed by atoms with Gasteiger partial charge in [0.2, 0.25) is 5.75 Å². The van der Waals surface area contributed by atoms with E-state index in [1.54, 1.807) is 24.4 Å². The van der Waals surface area contributed by atoms with Crippen molar-refractivity contribution in [3.63, 3.8) is 0 Å². The highest BCUT2D eigenvalue weighted by atomic mass is 19.1. The minimum atomic E-state index is -0.571. The van der Waals surface area contributed by atoms with Crippen molar-refractivity contribution in [3.8, 4) is 34.8 Å². The first-order valence-electron chi connectivity index (χ1n) is 9.11. The number of unbranched alkanes of at least 4 members (excludes halogenated alkanes) is 1. The first-order chi connectivity index (χ1) is 14.2.